The van der Waals surface area contributed by atoms with Crippen LogP contribution in [-0.4, -0.2) is 8.42 Å². The van der Waals surface area contributed by atoms with E-state index in [1.54, 1.807) is 24.3 Å². The van der Waals surface area contributed by atoms with Crippen molar-refractivity contribution < 1.29 is 8.42 Å². The molecule has 0 bridgehead atoms. The lowest BCUT2D eigenvalue weighted by molar-refractivity contribution is 0.596. The van der Waals surface area contributed by atoms with Crippen LogP contribution < -0.4 is 0 Å². The molecule has 0 radical (unpaired) electrons. The Balaban J connectivity index is 2.48. The molecule has 0 amide bonds. The number of sulfone groups is 1. The van der Waals surface area contributed by atoms with Gasteiger partial charge < -0.3 is 0 Å². The largest absolute Gasteiger partial charge is 0.219 e. The molecule has 0 saturated carbocycles. The van der Waals surface area contributed by atoms with Crippen LogP contribution in [0.4, 0.5) is 0 Å². The van der Waals surface area contributed by atoms with E-state index < -0.39 is 9.84 Å². The average molecular weight is 257 g/mol. The molecule has 2 aromatic rings. The van der Waals surface area contributed by atoms with E-state index in [0.717, 1.165) is 5.56 Å². The topological polar surface area (TPSA) is 57.9 Å². The minimum absolute atomic E-state index is 0.199. The Morgan fingerprint density at radius 1 is 0.889 bits per heavy atom. The summed E-state index contributed by atoms with van der Waals surface area (Å²) in [4.78, 5) is 0.461. The molecule has 3 nitrogen and oxygen atoms in total. The highest BCUT2D eigenvalue weighted by Gasteiger charge is 2.16. The van der Waals surface area contributed by atoms with Crippen LogP contribution >= 0.6 is 0 Å². The van der Waals surface area contributed by atoms with Gasteiger partial charge in [0.05, 0.1) is 21.4 Å². The molecule has 0 aliphatic carbocycles. The minimum Gasteiger partial charge on any atom is -0.219 e. The van der Waals surface area contributed by atoms with Crippen molar-refractivity contribution >= 4 is 9.84 Å². The zero-order valence-electron chi connectivity index (χ0n) is 9.79. The third-order valence-corrected chi connectivity index (χ3v) is 4.41. The van der Waals surface area contributed by atoms with Crippen molar-refractivity contribution in [3.05, 3.63) is 59.7 Å². The third kappa shape index (κ3) is 2.27. The Morgan fingerprint density at radius 3 is 1.78 bits per heavy atom. The Kier molecular flexibility index (Phi) is 3.17. The predicted molar refractivity (Wildman–Crippen MR) is 67.8 cm³/mol. The summed E-state index contributed by atoms with van der Waals surface area (Å²) in [7, 11) is -3.49. The summed E-state index contributed by atoms with van der Waals surface area (Å²) in [5.41, 5.74) is 1.45. The summed E-state index contributed by atoms with van der Waals surface area (Å²) >= 11 is 0. The first-order valence-electron chi connectivity index (χ1n) is 5.36. The van der Waals surface area contributed by atoms with Gasteiger partial charge in [-0.25, -0.2) is 8.42 Å². The molecule has 0 spiro atoms. The summed E-state index contributed by atoms with van der Waals surface area (Å²) < 4.78 is 24.5. The zero-order chi connectivity index (χ0) is 13.2. The van der Waals surface area contributed by atoms with Crippen LogP contribution in [0.25, 0.3) is 0 Å². The van der Waals surface area contributed by atoms with Crippen molar-refractivity contribution in [2.24, 2.45) is 0 Å². The van der Waals surface area contributed by atoms with Gasteiger partial charge in [-0.3, -0.25) is 0 Å². The van der Waals surface area contributed by atoms with Crippen LogP contribution in [0.5, 0.6) is 0 Å². The Labute approximate surface area is 106 Å². The summed E-state index contributed by atoms with van der Waals surface area (Å²) in [5, 5.41) is 8.68. The van der Waals surface area contributed by atoms with Crippen molar-refractivity contribution in [1.29, 1.82) is 5.26 Å². The fourth-order valence-electron chi connectivity index (χ4n) is 1.56. The highest BCUT2D eigenvalue weighted by atomic mass is 32.2. The quantitative estimate of drug-likeness (QED) is 0.831. The number of rotatable bonds is 2. The molecule has 0 heterocycles. The summed E-state index contributed by atoms with van der Waals surface area (Å²) in [6.07, 6.45) is 0. The standard InChI is InChI=1S/C14H11NO2S/c1-11-2-6-13(7-3-11)18(16,17)14-8-4-12(10-15)5-9-14/h2-9H,1H3. The maximum absolute atomic E-state index is 12.3. The second kappa shape index (κ2) is 4.63. The molecular weight excluding hydrogens is 246 g/mol. The Hall–Kier alpha value is -2.12. The van der Waals surface area contributed by atoms with E-state index in [4.69, 9.17) is 5.26 Å². The van der Waals surface area contributed by atoms with Crippen molar-refractivity contribution in [3.8, 4) is 6.07 Å². The van der Waals surface area contributed by atoms with E-state index in [1.807, 2.05) is 13.0 Å². The lowest BCUT2D eigenvalue weighted by atomic mass is 10.2. The molecule has 0 aliphatic rings. The SMILES string of the molecule is Cc1ccc(S(=O)(=O)c2ccc(C#N)cc2)cc1. The maximum atomic E-state index is 12.3. The molecule has 4 heteroatoms. The van der Waals surface area contributed by atoms with Crippen LogP contribution in [0.15, 0.2) is 58.3 Å². The molecule has 0 saturated heterocycles. The Bertz CT molecular complexity index is 693. The highest BCUT2D eigenvalue weighted by Crippen LogP contribution is 2.21. The first kappa shape index (κ1) is 12.3. The normalized spacial score (nSPS) is 10.9. The van der Waals surface area contributed by atoms with Gasteiger partial charge in [0.1, 0.15) is 0 Å². The summed E-state index contributed by atoms with van der Waals surface area (Å²) in [5.74, 6) is 0. The first-order valence-corrected chi connectivity index (χ1v) is 6.84. The number of aryl methyl sites for hydroxylation is 1. The van der Waals surface area contributed by atoms with Crippen LogP contribution in [0.1, 0.15) is 11.1 Å². The van der Waals surface area contributed by atoms with E-state index in [-0.39, 0.29) is 9.79 Å². The monoisotopic (exact) mass is 257 g/mol. The number of hydrogen-bond acceptors (Lipinski definition) is 3. The van der Waals surface area contributed by atoms with Gasteiger partial charge in [-0.2, -0.15) is 5.26 Å². The lowest BCUT2D eigenvalue weighted by Gasteiger charge is -2.04. The van der Waals surface area contributed by atoms with E-state index in [2.05, 4.69) is 0 Å². The highest BCUT2D eigenvalue weighted by molar-refractivity contribution is 7.91. The summed E-state index contributed by atoms with van der Waals surface area (Å²) in [6, 6.07) is 14.6. The van der Waals surface area contributed by atoms with Gasteiger partial charge in [-0.15, -0.1) is 0 Å². The van der Waals surface area contributed by atoms with Crippen molar-refractivity contribution in [1.82, 2.24) is 0 Å². The molecule has 2 rings (SSSR count). The molecule has 0 N–H and O–H groups in total. The molecule has 90 valence electrons. The maximum Gasteiger partial charge on any atom is 0.206 e. The van der Waals surface area contributed by atoms with Crippen LogP contribution in [0, 0.1) is 18.3 Å². The zero-order valence-corrected chi connectivity index (χ0v) is 10.6. The molecule has 0 aliphatic heterocycles. The molecule has 2 aromatic carbocycles. The second-order valence-electron chi connectivity index (χ2n) is 3.95. The van der Waals surface area contributed by atoms with Crippen molar-refractivity contribution in [3.63, 3.8) is 0 Å². The molecule has 18 heavy (non-hydrogen) atoms. The predicted octanol–water partition coefficient (Wildman–Crippen LogP) is 2.70. The minimum atomic E-state index is -3.49. The molecule has 0 atom stereocenters. The Morgan fingerprint density at radius 2 is 1.33 bits per heavy atom. The molecule has 0 unspecified atom stereocenters. The van der Waals surface area contributed by atoms with Gasteiger partial charge in [0.25, 0.3) is 0 Å². The van der Waals surface area contributed by atoms with E-state index >= 15 is 0 Å². The molecule has 0 fully saturated rings. The van der Waals surface area contributed by atoms with E-state index in [1.165, 1.54) is 24.3 Å². The van der Waals surface area contributed by atoms with Crippen LogP contribution in [0.3, 0.4) is 0 Å². The van der Waals surface area contributed by atoms with Crippen molar-refractivity contribution in [2.45, 2.75) is 16.7 Å². The van der Waals surface area contributed by atoms with Crippen LogP contribution in [-0.2, 0) is 9.84 Å². The average Bonchev–Trinajstić information content (AvgIpc) is 2.39. The number of benzene rings is 2. The van der Waals surface area contributed by atoms with E-state index in [0.29, 0.717) is 5.56 Å². The summed E-state index contributed by atoms with van der Waals surface area (Å²) in [6.45, 7) is 1.90. The van der Waals surface area contributed by atoms with Gasteiger partial charge in [-0.05, 0) is 43.3 Å². The fraction of sp³-hybridized carbons (Fsp3) is 0.0714. The second-order valence-corrected chi connectivity index (χ2v) is 5.90. The van der Waals surface area contributed by atoms with Crippen molar-refractivity contribution in [2.75, 3.05) is 0 Å². The van der Waals surface area contributed by atoms with Gasteiger partial charge in [0.15, 0.2) is 0 Å². The van der Waals surface area contributed by atoms with Gasteiger partial charge >= 0.3 is 0 Å². The number of nitriles is 1. The fourth-order valence-corrected chi connectivity index (χ4v) is 2.82. The molecular formula is C14H11NO2S. The van der Waals surface area contributed by atoms with Crippen LogP contribution in [0.2, 0.25) is 0 Å². The molecule has 0 aromatic heterocycles. The third-order valence-electron chi connectivity index (χ3n) is 2.63. The van der Waals surface area contributed by atoms with E-state index in [9.17, 15) is 8.42 Å². The van der Waals surface area contributed by atoms with Gasteiger partial charge in [0, 0.05) is 0 Å². The lowest BCUT2D eigenvalue weighted by Crippen LogP contribution is -2.01. The van der Waals surface area contributed by atoms with Gasteiger partial charge in [-0.1, -0.05) is 17.7 Å². The smallest absolute Gasteiger partial charge is 0.206 e. The van der Waals surface area contributed by atoms with Gasteiger partial charge in [0.2, 0.25) is 9.84 Å². The number of hydrogen-bond donors (Lipinski definition) is 0. The first-order chi connectivity index (χ1) is 8.54. The number of nitrogens with zero attached hydrogens (tertiary/aromatic N) is 1.